The molecule has 0 radical (unpaired) electrons. The van der Waals surface area contributed by atoms with Gasteiger partial charge >= 0.3 is 11.9 Å². The number of ether oxygens (including phenoxy) is 2. The maximum absolute atomic E-state index is 12.4. The molecule has 498 valence electrons. The van der Waals surface area contributed by atoms with E-state index in [-0.39, 0.29) is 25.2 Å². The van der Waals surface area contributed by atoms with Crippen LogP contribution < -0.4 is 0 Å². The third-order valence-electron chi connectivity index (χ3n) is 16.9. The van der Waals surface area contributed by atoms with Gasteiger partial charge in [-0.2, -0.15) is 0 Å². The first kappa shape index (κ1) is 82.8. The van der Waals surface area contributed by atoms with Crippen molar-refractivity contribution in [2.24, 2.45) is 0 Å². The Hall–Kier alpha value is -3.18. The molecule has 0 heterocycles. The molecular formula is C81H144O5. The van der Waals surface area contributed by atoms with Crippen molar-refractivity contribution in [3.05, 3.63) is 97.2 Å². The van der Waals surface area contributed by atoms with Crippen LogP contribution in [-0.2, 0) is 19.1 Å². The highest BCUT2D eigenvalue weighted by atomic mass is 16.6. The number of rotatable bonds is 70. The van der Waals surface area contributed by atoms with Crippen molar-refractivity contribution < 1.29 is 24.2 Å². The highest BCUT2D eigenvalue weighted by Crippen LogP contribution is 2.19. The van der Waals surface area contributed by atoms with E-state index in [1.54, 1.807) is 0 Å². The molecule has 5 heteroatoms. The molecule has 1 unspecified atom stereocenters. The standard InChI is InChI=1S/C81H144O5/c1-3-5-7-9-11-13-15-17-19-21-23-25-27-29-31-33-35-36-37-38-39-40-41-42-43-44-46-48-50-52-54-56-58-60-62-64-66-68-70-72-74-76-81(84)86-79(77-82)78-85-80(83)75-73-71-69-67-65-63-61-59-57-55-53-51-49-47-45-34-32-30-28-26-24-22-20-18-16-14-12-10-8-6-4-2/h5,7,11,13,16-19,22-25,28-31,79,82H,3-4,6,8-10,12,14-15,20-21,26-27,32-78H2,1-2H3/b7-5-,13-11-,18-16-,19-17-,24-22-,25-23-,30-28-,31-29-. The van der Waals surface area contributed by atoms with Crippen LogP contribution in [0.3, 0.4) is 0 Å². The van der Waals surface area contributed by atoms with Crippen LogP contribution in [0.25, 0.3) is 0 Å². The minimum atomic E-state index is -0.774. The molecule has 0 rings (SSSR count). The number of esters is 2. The van der Waals surface area contributed by atoms with Gasteiger partial charge in [-0.3, -0.25) is 9.59 Å². The first-order valence-corrected chi connectivity index (χ1v) is 37.8. The molecule has 0 bridgehead atoms. The molecule has 0 saturated heterocycles. The van der Waals surface area contributed by atoms with Crippen molar-refractivity contribution in [3.63, 3.8) is 0 Å². The molecule has 0 aliphatic carbocycles. The minimum absolute atomic E-state index is 0.0634. The van der Waals surface area contributed by atoms with E-state index in [0.717, 1.165) is 83.5 Å². The Kier molecular flexibility index (Phi) is 73.3. The number of unbranched alkanes of at least 4 members (excludes halogenated alkanes) is 46. The summed E-state index contributed by atoms with van der Waals surface area (Å²) in [4.78, 5) is 24.7. The van der Waals surface area contributed by atoms with E-state index in [1.807, 2.05) is 0 Å². The third-order valence-corrected chi connectivity index (χ3v) is 16.9. The fourth-order valence-electron chi connectivity index (χ4n) is 11.2. The highest BCUT2D eigenvalue weighted by molar-refractivity contribution is 5.70. The summed E-state index contributed by atoms with van der Waals surface area (Å²) >= 11 is 0. The fourth-order valence-corrected chi connectivity index (χ4v) is 11.2. The second kappa shape index (κ2) is 76.1. The highest BCUT2D eigenvalue weighted by Gasteiger charge is 2.16. The maximum Gasteiger partial charge on any atom is 0.306 e. The summed E-state index contributed by atoms with van der Waals surface area (Å²) in [5.41, 5.74) is 0. The fraction of sp³-hybridized carbons (Fsp3) is 0.778. The molecule has 0 amide bonds. The molecular weight excluding hydrogens is 1050 g/mol. The lowest BCUT2D eigenvalue weighted by atomic mass is 10.0. The number of aliphatic hydroxyl groups excluding tert-OH is 1. The number of carbonyl (C=O) groups excluding carboxylic acids is 2. The van der Waals surface area contributed by atoms with Crippen LogP contribution >= 0.6 is 0 Å². The molecule has 86 heavy (non-hydrogen) atoms. The van der Waals surface area contributed by atoms with Crippen molar-refractivity contribution in [1.82, 2.24) is 0 Å². The quantitative estimate of drug-likeness (QED) is 0.0373. The van der Waals surface area contributed by atoms with Gasteiger partial charge in [-0.25, -0.2) is 0 Å². The first-order chi connectivity index (χ1) is 42.6. The van der Waals surface area contributed by atoms with Gasteiger partial charge < -0.3 is 14.6 Å². The van der Waals surface area contributed by atoms with Crippen LogP contribution in [0.4, 0.5) is 0 Å². The molecule has 0 aromatic carbocycles. The van der Waals surface area contributed by atoms with Gasteiger partial charge in [0, 0.05) is 12.8 Å². The van der Waals surface area contributed by atoms with Crippen LogP contribution in [0.1, 0.15) is 386 Å². The Bertz CT molecular complexity index is 1600. The minimum Gasteiger partial charge on any atom is -0.462 e. The molecule has 0 saturated carbocycles. The Balaban J connectivity index is 3.40. The third kappa shape index (κ3) is 73.3. The van der Waals surface area contributed by atoms with Crippen LogP contribution in [-0.4, -0.2) is 36.4 Å². The lowest BCUT2D eigenvalue weighted by Crippen LogP contribution is -2.28. The molecule has 0 aliphatic rings. The van der Waals surface area contributed by atoms with Crippen molar-refractivity contribution >= 4 is 11.9 Å². The van der Waals surface area contributed by atoms with E-state index >= 15 is 0 Å². The Morgan fingerprint density at radius 3 is 0.756 bits per heavy atom. The topological polar surface area (TPSA) is 72.8 Å². The average Bonchev–Trinajstić information content (AvgIpc) is 3.54. The lowest BCUT2D eigenvalue weighted by Gasteiger charge is -2.15. The zero-order chi connectivity index (χ0) is 61.9. The van der Waals surface area contributed by atoms with E-state index in [1.165, 1.54) is 276 Å². The SMILES string of the molecule is CC/C=C\C/C=C\C/C=C\C/C=C\C/C=C\CCCCCCCCCCCCCCCCCCCCCCCCCCCC(=O)OC(CO)COC(=O)CCCCCCCCCCCCCCCCCC/C=C\C/C=C\C/C=C\CCCCCCC. The largest absolute Gasteiger partial charge is 0.462 e. The van der Waals surface area contributed by atoms with Crippen molar-refractivity contribution in [3.8, 4) is 0 Å². The molecule has 0 aliphatic heterocycles. The molecule has 0 aromatic rings. The van der Waals surface area contributed by atoms with Gasteiger partial charge in [0.25, 0.3) is 0 Å². The number of allylic oxidation sites excluding steroid dienone is 16. The van der Waals surface area contributed by atoms with Gasteiger partial charge in [-0.15, -0.1) is 0 Å². The van der Waals surface area contributed by atoms with Gasteiger partial charge in [0.2, 0.25) is 0 Å². The van der Waals surface area contributed by atoms with Gasteiger partial charge in [-0.1, -0.05) is 374 Å². The van der Waals surface area contributed by atoms with E-state index in [0.29, 0.717) is 12.8 Å². The lowest BCUT2D eigenvalue weighted by molar-refractivity contribution is -0.161. The van der Waals surface area contributed by atoms with Crippen molar-refractivity contribution in [2.75, 3.05) is 13.2 Å². The second-order valence-corrected chi connectivity index (χ2v) is 25.3. The maximum atomic E-state index is 12.4. The molecule has 0 spiro atoms. The molecule has 1 atom stereocenters. The van der Waals surface area contributed by atoms with Crippen LogP contribution in [0, 0.1) is 0 Å². The molecule has 1 N–H and O–H groups in total. The number of hydrogen-bond acceptors (Lipinski definition) is 5. The van der Waals surface area contributed by atoms with Crippen molar-refractivity contribution in [2.45, 2.75) is 392 Å². The summed E-state index contributed by atoms with van der Waals surface area (Å²) in [6, 6.07) is 0. The van der Waals surface area contributed by atoms with E-state index in [9.17, 15) is 14.7 Å². The molecule has 0 aromatic heterocycles. The number of hydrogen-bond donors (Lipinski definition) is 1. The summed E-state index contributed by atoms with van der Waals surface area (Å²) in [5, 5.41) is 9.72. The summed E-state index contributed by atoms with van der Waals surface area (Å²) in [5.74, 6) is -0.572. The summed E-state index contributed by atoms with van der Waals surface area (Å²) < 4.78 is 10.8. The number of carbonyl (C=O) groups is 2. The van der Waals surface area contributed by atoms with Crippen LogP contribution in [0.5, 0.6) is 0 Å². The van der Waals surface area contributed by atoms with E-state index in [2.05, 4.69) is 111 Å². The summed E-state index contributed by atoms with van der Waals surface area (Å²) in [6.07, 6.45) is 109. The predicted octanol–water partition coefficient (Wildman–Crippen LogP) is 26.5. The Labute approximate surface area is 536 Å². The van der Waals surface area contributed by atoms with Gasteiger partial charge in [0.05, 0.1) is 6.61 Å². The Morgan fingerprint density at radius 1 is 0.279 bits per heavy atom. The van der Waals surface area contributed by atoms with Gasteiger partial charge in [-0.05, 0) is 96.3 Å². The van der Waals surface area contributed by atoms with E-state index in [4.69, 9.17) is 9.47 Å². The predicted molar refractivity (Wildman–Crippen MR) is 380 cm³/mol. The normalized spacial score (nSPS) is 12.7. The first-order valence-electron chi connectivity index (χ1n) is 37.8. The summed E-state index contributed by atoms with van der Waals surface area (Å²) in [7, 11) is 0. The zero-order valence-corrected chi connectivity index (χ0v) is 57.3. The molecule has 5 nitrogen and oxygen atoms in total. The van der Waals surface area contributed by atoms with E-state index < -0.39 is 6.10 Å². The zero-order valence-electron chi connectivity index (χ0n) is 57.3. The van der Waals surface area contributed by atoms with Crippen LogP contribution in [0.2, 0.25) is 0 Å². The molecule has 0 fully saturated rings. The van der Waals surface area contributed by atoms with Gasteiger partial charge in [0.15, 0.2) is 6.10 Å². The monoisotopic (exact) mass is 1200 g/mol. The smallest absolute Gasteiger partial charge is 0.306 e. The van der Waals surface area contributed by atoms with Crippen LogP contribution in [0.15, 0.2) is 97.2 Å². The average molecular weight is 1200 g/mol. The second-order valence-electron chi connectivity index (χ2n) is 25.3. The number of aliphatic hydroxyl groups is 1. The van der Waals surface area contributed by atoms with Gasteiger partial charge in [0.1, 0.15) is 6.61 Å². The van der Waals surface area contributed by atoms with Crippen molar-refractivity contribution in [1.29, 1.82) is 0 Å². The Morgan fingerprint density at radius 2 is 0.500 bits per heavy atom. The summed E-state index contributed by atoms with van der Waals surface area (Å²) in [6.45, 7) is 4.06.